The zero-order chi connectivity index (χ0) is 25.2. The highest BCUT2D eigenvalue weighted by Crippen LogP contribution is 2.36. The van der Waals surface area contributed by atoms with E-state index < -0.39 is 0 Å². The fourth-order valence-electron chi connectivity index (χ4n) is 3.69. The van der Waals surface area contributed by atoms with Crippen molar-refractivity contribution in [2.24, 2.45) is 5.92 Å². The summed E-state index contributed by atoms with van der Waals surface area (Å²) in [5, 5.41) is 12.7. The lowest BCUT2D eigenvalue weighted by molar-refractivity contribution is -0.121. The molecule has 1 aliphatic rings. The largest absolute Gasteiger partial charge is 0.375 e. The number of aromatic nitrogens is 4. The minimum Gasteiger partial charge on any atom is -0.375 e. The van der Waals surface area contributed by atoms with Gasteiger partial charge >= 0.3 is 0 Å². The molecule has 188 valence electrons. The van der Waals surface area contributed by atoms with Crippen molar-refractivity contribution in [2.45, 2.75) is 38.6 Å². The van der Waals surface area contributed by atoms with Crippen LogP contribution in [0.25, 0.3) is 0 Å². The Balaban J connectivity index is 1.21. The molecule has 2 heterocycles. The molecule has 0 spiro atoms. The van der Waals surface area contributed by atoms with Crippen molar-refractivity contribution in [3.63, 3.8) is 0 Å². The smallest absolute Gasteiger partial charge is 0.229 e. The molecule has 0 radical (unpaired) electrons. The molecule has 0 saturated heterocycles. The summed E-state index contributed by atoms with van der Waals surface area (Å²) in [5.41, 5.74) is 3.11. The minimum atomic E-state index is 0.0660. The van der Waals surface area contributed by atoms with Crippen LogP contribution >= 0.6 is 0 Å². The van der Waals surface area contributed by atoms with Gasteiger partial charge in [-0.25, -0.2) is 9.97 Å². The molecule has 0 unspecified atom stereocenters. The van der Waals surface area contributed by atoms with Gasteiger partial charge in [-0.1, -0.05) is 18.7 Å². The second-order valence-corrected chi connectivity index (χ2v) is 8.87. The van der Waals surface area contributed by atoms with E-state index in [4.69, 9.17) is 0 Å². The summed E-state index contributed by atoms with van der Waals surface area (Å²) < 4.78 is 2.00. The lowest BCUT2D eigenvalue weighted by atomic mass is 10.1. The maximum Gasteiger partial charge on any atom is 0.229 e. The molecule has 9 heteroatoms. The van der Waals surface area contributed by atoms with Gasteiger partial charge in [-0.2, -0.15) is 4.98 Å². The highest BCUT2D eigenvalue weighted by Gasteiger charge is 2.23. The Kier molecular flexibility index (Phi) is 8.69. The van der Waals surface area contributed by atoms with Gasteiger partial charge in [0.2, 0.25) is 11.9 Å². The van der Waals surface area contributed by atoms with Crippen LogP contribution in [0.4, 0.5) is 17.5 Å². The Morgan fingerprint density at radius 2 is 2.03 bits per heavy atom. The summed E-state index contributed by atoms with van der Waals surface area (Å²) >= 11 is 0. The summed E-state index contributed by atoms with van der Waals surface area (Å²) in [6.45, 7) is 5.66. The Morgan fingerprint density at radius 3 is 2.75 bits per heavy atom. The van der Waals surface area contributed by atoms with Crippen LogP contribution in [-0.4, -0.2) is 39.0 Å². The van der Waals surface area contributed by atoms with Crippen LogP contribution in [0.1, 0.15) is 31.2 Å². The molecule has 4 rings (SSSR count). The third-order valence-corrected chi connectivity index (χ3v) is 5.94. The molecule has 0 aliphatic heterocycles. The van der Waals surface area contributed by atoms with Gasteiger partial charge < -0.3 is 25.8 Å². The van der Waals surface area contributed by atoms with Crippen LogP contribution in [0.2, 0.25) is 0 Å². The summed E-state index contributed by atoms with van der Waals surface area (Å²) in [4.78, 5) is 25.0. The number of benzene rings is 1. The average molecular weight is 487 g/mol. The van der Waals surface area contributed by atoms with Crippen molar-refractivity contribution in [2.75, 3.05) is 24.2 Å². The zero-order valence-corrected chi connectivity index (χ0v) is 20.7. The van der Waals surface area contributed by atoms with Crippen LogP contribution < -0.4 is 21.3 Å². The predicted octanol–water partition coefficient (Wildman–Crippen LogP) is 3.99. The summed E-state index contributed by atoms with van der Waals surface area (Å²) in [7, 11) is 1.87. The monoisotopic (exact) mass is 486 g/mol. The number of hydrogen-bond acceptors (Lipinski definition) is 7. The van der Waals surface area contributed by atoms with Crippen molar-refractivity contribution in [1.82, 2.24) is 30.2 Å². The van der Waals surface area contributed by atoms with Crippen LogP contribution in [0, 0.1) is 5.92 Å². The molecule has 4 N–H and O–H groups in total. The first-order chi connectivity index (χ1) is 17.6. The second kappa shape index (κ2) is 12.5. The lowest BCUT2D eigenvalue weighted by Gasteiger charge is -2.12. The molecule has 1 fully saturated rings. The third-order valence-electron chi connectivity index (χ3n) is 5.94. The number of imidazole rings is 1. The fourth-order valence-corrected chi connectivity index (χ4v) is 3.69. The fraction of sp³-hybridized carbons (Fsp3) is 0.333. The number of rotatable bonds is 14. The van der Waals surface area contributed by atoms with Crippen LogP contribution in [0.5, 0.6) is 0 Å². The van der Waals surface area contributed by atoms with Gasteiger partial charge in [-0.15, -0.1) is 0 Å². The number of amides is 1. The molecular weight excluding hydrogens is 452 g/mol. The second-order valence-electron chi connectivity index (χ2n) is 8.87. The molecule has 1 aliphatic carbocycles. The number of aryl methyl sites for hydroxylation is 2. The van der Waals surface area contributed by atoms with Gasteiger partial charge in [-0.05, 0) is 67.0 Å². The van der Waals surface area contributed by atoms with Gasteiger partial charge in [0.25, 0.3) is 0 Å². The van der Waals surface area contributed by atoms with Crippen molar-refractivity contribution in [3.05, 3.63) is 84.9 Å². The van der Waals surface area contributed by atoms with Crippen molar-refractivity contribution < 1.29 is 4.79 Å². The SMILES string of the molecule is C=C(/C=C(\NC)Nc1ccnc(Nc2ccc(CCC(=O)NCCCn3ccnc3)cc2)n1)C1CC1. The molecule has 0 atom stereocenters. The quantitative estimate of drug-likeness (QED) is 0.201. The topological polar surface area (TPSA) is 109 Å². The van der Waals surface area contributed by atoms with Crippen molar-refractivity contribution in [1.29, 1.82) is 0 Å². The van der Waals surface area contributed by atoms with Gasteiger partial charge in [-0.3, -0.25) is 4.79 Å². The van der Waals surface area contributed by atoms with E-state index in [1.807, 2.05) is 54.2 Å². The summed E-state index contributed by atoms with van der Waals surface area (Å²) in [6.07, 6.45) is 13.7. The molecule has 36 heavy (non-hydrogen) atoms. The van der Waals surface area contributed by atoms with Gasteiger partial charge in [0.05, 0.1) is 6.33 Å². The van der Waals surface area contributed by atoms with Gasteiger partial charge in [0.1, 0.15) is 11.6 Å². The lowest BCUT2D eigenvalue weighted by Crippen LogP contribution is -2.25. The highest BCUT2D eigenvalue weighted by molar-refractivity contribution is 5.76. The number of anilines is 3. The Labute approximate surface area is 212 Å². The first-order valence-corrected chi connectivity index (χ1v) is 12.4. The maximum atomic E-state index is 12.1. The Morgan fingerprint density at radius 1 is 1.19 bits per heavy atom. The number of carbonyl (C=O) groups is 1. The normalized spacial score (nSPS) is 13.2. The molecule has 1 amide bonds. The summed E-state index contributed by atoms with van der Waals surface area (Å²) in [5.74, 6) is 2.71. The van der Waals surface area contributed by atoms with E-state index in [1.54, 1.807) is 18.7 Å². The predicted molar refractivity (Wildman–Crippen MR) is 143 cm³/mol. The van der Waals surface area contributed by atoms with E-state index in [2.05, 4.69) is 42.8 Å². The van der Waals surface area contributed by atoms with Crippen molar-refractivity contribution in [3.8, 4) is 0 Å². The third kappa shape index (κ3) is 7.97. The Bertz CT molecular complexity index is 1170. The molecule has 9 nitrogen and oxygen atoms in total. The van der Waals surface area contributed by atoms with E-state index in [0.29, 0.717) is 37.1 Å². The first kappa shape index (κ1) is 25.0. The molecule has 1 aromatic carbocycles. The summed E-state index contributed by atoms with van der Waals surface area (Å²) in [6, 6.07) is 9.80. The number of allylic oxidation sites excluding steroid dienone is 2. The number of nitrogens with one attached hydrogen (secondary N) is 4. The number of hydrogen-bond donors (Lipinski definition) is 4. The van der Waals surface area contributed by atoms with E-state index >= 15 is 0 Å². The molecule has 1 saturated carbocycles. The van der Waals surface area contributed by atoms with E-state index in [9.17, 15) is 4.79 Å². The van der Waals surface area contributed by atoms with Crippen LogP contribution in [0.15, 0.2) is 79.3 Å². The van der Waals surface area contributed by atoms with E-state index in [0.717, 1.165) is 35.6 Å². The first-order valence-electron chi connectivity index (χ1n) is 12.4. The van der Waals surface area contributed by atoms with Crippen LogP contribution in [-0.2, 0) is 17.8 Å². The van der Waals surface area contributed by atoms with Crippen LogP contribution in [0.3, 0.4) is 0 Å². The van der Waals surface area contributed by atoms with Gasteiger partial charge in [0.15, 0.2) is 0 Å². The van der Waals surface area contributed by atoms with E-state index in [1.165, 1.54) is 12.8 Å². The van der Waals surface area contributed by atoms with Gasteiger partial charge in [0, 0.05) is 50.8 Å². The van der Waals surface area contributed by atoms with Crippen molar-refractivity contribution >= 4 is 23.4 Å². The molecule has 2 aromatic heterocycles. The molecule has 3 aromatic rings. The van der Waals surface area contributed by atoms with E-state index in [-0.39, 0.29) is 5.91 Å². The zero-order valence-electron chi connectivity index (χ0n) is 20.7. The number of nitrogens with zero attached hydrogens (tertiary/aromatic N) is 4. The molecular formula is C27H34N8O. The maximum absolute atomic E-state index is 12.1. The highest BCUT2D eigenvalue weighted by atomic mass is 16.1. The minimum absolute atomic E-state index is 0.0660. The Hall–Kier alpha value is -4.14. The standard InChI is InChI=1S/C27H34N8O/c1-20(22-7-8-22)18-25(28-2)33-24-12-14-31-27(34-24)32-23-9-4-21(5-10-23)6-11-26(36)30-13-3-16-35-17-15-29-19-35/h4-5,9-10,12,14-15,17-19,22,28H,1,3,6-8,11,13,16H2,2H3,(H,30,36)(H2,31,32,33,34)/b25-18+. The molecule has 0 bridgehead atoms. The average Bonchev–Trinajstić information content (AvgIpc) is 3.62. The number of carbonyl (C=O) groups excluding carboxylic acids is 1.